The summed E-state index contributed by atoms with van der Waals surface area (Å²) in [5, 5.41) is 5.61. The molecule has 7 nitrogen and oxygen atoms in total. The van der Waals surface area contributed by atoms with Crippen molar-refractivity contribution in [3.63, 3.8) is 0 Å². The van der Waals surface area contributed by atoms with Crippen molar-refractivity contribution in [3.05, 3.63) is 48.0 Å². The number of hydrogen-bond donors (Lipinski definition) is 2. The number of hydrogen-bond acceptors (Lipinski definition) is 4. The molecule has 1 fully saturated rings. The van der Waals surface area contributed by atoms with Crippen molar-refractivity contribution in [1.82, 2.24) is 5.32 Å². The minimum Gasteiger partial charge on any atom is -0.454 e. The molecule has 3 amide bonds. The number of nitrogens with one attached hydrogen (secondary N) is 2. The molecule has 134 valence electrons. The molecule has 2 aromatic rings. The predicted octanol–water partition coefficient (Wildman–Crippen LogP) is 2.65. The summed E-state index contributed by atoms with van der Waals surface area (Å²) >= 11 is 0. The lowest BCUT2D eigenvalue weighted by Gasteiger charge is -2.17. The Morgan fingerprint density at radius 2 is 1.88 bits per heavy atom. The molecular formula is C19H19N3O4. The van der Waals surface area contributed by atoms with Crippen LogP contribution in [0.2, 0.25) is 0 Å². The van der Waals surface area contributed by atoms with Gasteiger partial charge in [0.25, 0.3) is 0 Å². The highest BCUT2D eigenvalue weighted by atomic mass is 16.7. The fourth-order valence-corrected chi connectivity index (χ4v) is 3.11. The first-order valence-corrected chi connectivity index (χ1v) is 8.43. The topological polar surface area (TPSA) is 79.9 Å². The van der Waals surface area contributed by atoms with Gasteiger partial charge in [0, 0.05) is 30.4 Å². The molecule has 0 aromatic heterocycles. The average Bonchev–Trinajstić information content (AvgIpc) is 3.21. The van der Waals surface area contributed by atoms with Crippen LogP contribution >= 0.6 is 0 Å². The molecule has 0 aliphatic carbocycles. The second-order valence-corrected chi connectivity index (χ2v) is 6.41. The average molecular weight is 353 g/mol. The van der Waals surface area contributed by atoms with Gasteiger partial charge in [-0.05, 0) is 31.2 Å². The van der Waals surface area contributed by atoms with Crippen molar-refractivity contribution in [2.24, 2.45) is 0 Å². The fourth-order valence-electron chi connectivity index (χ4n) is 3.11. The first kappa shape index (κ1) is 16.3. The van der Waals surface area contributed by atoms with E-state index in [4.69, 9.17) is 9.47 Å². The molecule has 2 aliphatic heterocycles. The quantitative estimate of drug-likeness (QED) is 0.889. The third-order valence-electron chi connectivity index (χ3n) is 4.44. The highest BCUT2D eigenvalue weighted by molar-refractivity contribution is 5.97. The van der Waals surface area contributed by atoms with E-state index in [-0.39, 0.29) is 31.2 Å². The highest BCUT2D eigenvalue weighted by Crippen LogP contribution is 2.34. The van der Waals surface area contributed by atoms with Crippen LogP contribution in [0.1, 0.15) is 12.0 Å². The van der Waals surface area contributed by atoms with Gasteiger partial charge < -0.3 is 25.0 Å². The van der Waals surface area contributed by atoms with Gasteiger partial charge in [-0.15, -0.1) is 0 Å². The van der Waals surface area contributed by atoms with Gasteiger partial charge in [-0.1, -0.05) is 17.7 Å². The van der Waals surface area contributed by atoms with Crippen molar-refractivity contribution in [1.29, 1.82) is 0 Å². The number of amides is 3. The molecule has 7 heteroatoms. The Balaban J connectivity index is 1.36. The summed E-state index contributed by atoms with van der Waals surface area (Å²) in [4.78, 5) is 26.2. The molecule has 2 aliphatic rings. The number of rotatable bonds is 3. The number of ether oxygens (including phenoxy) is 2. The molecule has 26 heavy (non-hydrogen) atoms. The summed E-state index contributed by atoms with van der Waals surface area (Å²) in [6, 6.07) is 12.4. The van der Waals surface area contributed by atoms with Crippen molar-refractivity contribution >= 4 is 23.3 Å². The van der Waals surface area contributed by atoms with Gasteiger partial charge in [-0.25, -0.2) is 4.79 Å². The van der Waals surface area contributed by atoms with Crippen LogP contribution in [-0.4, -0.2) is 31.3 Å². The number of carbonyl (C=O) groups excluding carboxylic acids is 2. The first-order valence-electron chi connectivity index (χ1n) is 8.43. The molecule has 1 saturated heterocycles. The van der Waals surface area contributed by atoms with E-state index in [0.29, 0.717) is 23.7 Å². The Kier molecular flexibility index (Phi) is 4.12. The molecule has 0 spiro atoms. The van der Waals surface area contributed by atoms with E-state index < -0.39 is 0 Å². The van der Waals surface area contributed by atoms with Gasteiger partial charge in [-0.2, -0.15) is 0 Å². The fraction of sp³-hybridized carbons (Fsp3) is 0.263. The van der Waals surface area contributed by atoms with Gasteiger partial charge in [0.1, 0.15) is 0 Å². The van der Waals surface area contributed by atoms with E-state index in [2.05, 4.69) is 10.6 Å². The van der Waals surface area contributed by atoms with E-state index in [9.17, 15) is 9.59 Å². The molecule has 1 atom stereocenters. The molecule has 0 bridgehead atoms. The largest absolute Gasteiger partial charge is 0.454 e. The number of nitrogens with zero attached hydrogens (tertiary/aromatic N) is 1. The maximum absolute atomic E-state index is 12.3. The van der Waals surface area contributed by atoms with E-state index in [0.717, 1.165) is 11.3 Å². The van der Waals surface area contributed by atoms with E-state index in [1.807, 2.05) is 31.2 Å². The van der Waals surface area contributed by atoms with Crippen LogP contribution in [0.25, 0.3) is 0 Å². The van der Waals surface area contributed by atoms with Crippen molar-refractivity contribution in [2.75, 3.05) is 23.6 Å². The van der Waals surface area contributed by atoms with Crippen LogP contribution in [0.4, 0.5) is 16.2 Å². The normalized spacial score (nSPS) is 18.1. The summed E-state index contributed by atoms with van der Waals surface area (Å²) in [7, 11) is 0. The standard InChI is InChI=1S/C19H19N3O4/c1-12-2-5-15(6-3-12)22-10-14(9-18(22)23)21-19(24)20-13-4-7-16-17(8-13)26-11-25-16/h2-8,14H,9-11H2,1H3,(H2,20,21,24)/t14-/m1/s1. The predicted molar refractivity (Wildman–Crippen MR) is 96.7 cm³/mol. The molecule has 0 unspecified atom stereocenters. The van der Waals surface area contributed by atoms with E-state index >= 15 is 0 Å². The molecular weight excluding hydrogens is 334 g/mol. The third kappa shape index (κ3) is 3.28. The molecule has 2 N–H and O–H groups in total. The maximum atomic E-state index is 12.3. The maximum Gasteiger partial charge on any atom is 0.319 e. The lowest BCUT2D eigenvalue weighted by molar-refractivity contribution is -0.117. The third-order valence-corrected chi connectivity index (χ3v) is 4.44. The summed E-state index contributed by atoms with van der Waals surface area (Å²) in [6.45, 7) is 2.64. The Labute approximate surface area is 150 Å². The zero-order chi connectivity index (χ0) is 18.1. The van der Waals surface area contributed by atoms with Crippen molar-refractivity contribution in [3.8, 4) is 11.5 Å². The minimum absolute atomic E-state index is 0.00207. The monoisotopic (exact) mass is 353 g/mol. The van der Waals surface area contributed by atoms with Crippen LogP contribution in [-0.2, 0) is 4.79 Å². The van der Waals surface area contributed by atoms with Crippen LogP contribution < -0.4 is 25.0 Å². The lowest BCUT2D eigenvalue weighted by atomic mass is 10.2. The second kappa shape index (κ2) is 6.59. The Hall–Kier alpha value is -3.22. The first-order chi connectivity index (χ1) is 12.6. The zero-order valence-electron chi connectivity index (χ0n) is 14.3. The number of carbonyl (C=O) groups is 2. The zero-order valence-corrected chi connectivity index (χ0v) is 14.3. The molecule has 4 rings (SSSR count). The summed E-state index contributed by atoms with van der Waals surface area (Å²) < 4.78 is 10.5. The lowest BCUT2D eigenvalue weighted by Crippen LogP contribution is -2.39. The van der Waals surface area contributed by atoms with Crippen LogP contribution in [0.3, 0.4) is 0 Å². The Morgan fingerprint density at radius 1 is 1.12 bits per heavy atom. The summed E-state index contributed by atoms with van der Waals surface area (Å²) in [5.41, 5.74) is 2.59. The van der Waals surface area contributed by atoms with Crippen molar-refractivity contribution in [2.45, 2.75) is 19.4 Å². The second-order valence-electron chi connectivity index (χ2n) is 6.41. The number of fused-ring (bicyclic) bond motifs is 1. The Bertz CT molecular complexity index is 850. The SMILES string of the molecule is Cc1ccc(N2C[C@H](NC(=O)Nc3ccc4c(c3)OCO4)CC2=O)cc1. The van der Waals surface area contributed by atoms with E-state index in [1.54, 1.807) is 23.1 Å². The van der Waals surface area contributed by atoms with Gasteiger partial charge in [-0.3, -0.25) is 4.79 Å². The van der Waals surface area contributed by atoms with Gasteiger partial charge >= 0.3 is 6.03 Å². The van der Waals surface area contributed by atoms with Gasteiger partial charge in [0.2, 0.25) is 12.7 Å². The number of anilines is 2. The number of urea groups is 1. The summed E-state index contributed by atoms with van der Waals surface area (Å²) in [5.74, 6) is 1.26. The number of benzene rings is 2. The van der Waals surface area contributed by atoms with E-state index in [1.165, 1.54) is 0 Å². The number of aryl methyl sites for hydroxylation is 1. The van der Waals surface area contributed by atoms with Crippen LogP contribution in [0.15, 0.2) is 42.5 Å². The van der Waals surface area contributed by atoms with Crippen LogP contribution in [0, 0.1) is 6.92 Å². The smallest absolute Gasteiger partial charge is 0.319 e. The molecule has 2 aromatic carbocycles. The summed E-state index contributed by atoms with van der Waals surface area (Å²) in [6.07, 6.45) is 0.280. The highest BCUT2D eigenvalue weighted by Gasteiger charge is 2.31. The molecule has 0 radical (unpaired) electrons. The van der Waals surface area contributed by atoms with Crippen molar-refractivity contribution < 1.29 is 19.1 Å². The molecule has 0 saturated carbocycles. The minimum atomic E-state index is -0.354. The van der Waals surface area contributed by atoms with Gasteiger partial charge in [0.05, 0.1) is 6.04 Å². The molecule has 2 heterocycles. The van der Waals surface area contributed by atoms with Crippen LogP contribution in [0.5, 0.6) is 11.5 Å². The Morgan fingerprint density at radius 3 is 2.69 bits per heavy atom. The van der Waals surface area contributed by atoms with Gasteiger partial charge in [0.15, 0.2) is 11.5 Å².